The first kappa shape index (κ1) is 20.8. The summed E-state index contributed by atoms with van der Waals surface area (Å²) in [5.74, 6) is 0.291. The van der Waals surface area contributed by atoms with Crippen molar-refractivity contribution in [3.8, 4) is 5.75 Å². The lowest BCUT2D eigenvalue weighted by Crippen LogP contribution is -2.37. The Kier molecular flexibility index (Phi) is 7.73. The maximum Gasteiger partial charge on any atom is 0.251 e. The van der Waals surface area contributed by atoms with Gasteiger partial charge in [0.25, 0.3) is 5.91 Å². The number of carbonyl (C=O) groups excluding carboxylic acids is 2. The van der Waals surface area contributed by atoms with E-state index in [0.717, 1.165) is 5.56 Å². The number of likely N-dealkylation sites (N-methyl/N-ethyl adjacent to an activating group) is 1. The number of hydrogen-bond donors (Lipinski definition) is 1. The van der Waals surface area contributed by atoms with E-state index in [-0.39, 0.29) is 24.5 Å². The third-order valence-corrected chi connectivity index (χ3v) is 4.64. The lowest BCUT2D eigenvalue weighted by atomic mass is 10.2. The molecule has 27 heavy (non-hydrogen) atoms. The second kappa shape index (κ2) is 10.0. The number of hydrogen-bond acceptors (Lipinski definition) is 4. The van der Waals surface area contributed by atoms with Gasteiger partial charge in [-0.05, 0) is 62.1 Å². The summed E-state index contributed by atoms with van der Waals surface area (Å²) in [6.07, 6.45) is 2.10. The summed E-state index contributed by atoms with van der Waals surface area (Å²) in [6, 6.07) is 15.0. The third-order valence-electron chi connectivity index (χ3n) is 3.89. The average molecular weight is 387 g/mol. The van der Waals surface area contributed by atoms with Gasteiger partial charge in [0.15, 0.2) is 0 Å². The van der Waals surface area contributed by atoms with E-state index < -0.39 is 0 Å². The van der Waals surface area contributed by atoms with Gasteiger partial charge in [0.2, 0.25) is 5.91 Å². The quantitative estimate of drug-likeness (QED) is 0.705. The zero-order valence-corrected chi connectivity index (χ0v) is 17.0. The van der Waals surface area contributed by atoms with Crippen molar-refractivity contribution in [2.45, 2.75) is 31.4 Å². The smallest absolute Gasteiger partial charge is 0.251 e. The summed E-state index contributed by atoms with van der Waals surface area (Å²) >= 11 is 1.68. The van der Waals surface area contributed by atoms with E-state index >= 15 is 0 Å². The molecule has 2 rings (SSSR count). The van der Waals surface area contributed by atoms with Crippen LogP contribution in [0.3, 0.4) is 0 Å². The van der Waals surface area contributed by atoms with Crippen molar-refractivity contribution in [3.63, 3.8) is 0 Å². The molecule has 2 aromatic carbocycles. The van der Waals surface area contributed by atoms with Gasteiger partial charge in [-0.2, -0.15) is 0 Å². The lowest BCUT2D eigenvalue weighted by molar-refractivity contribution is -0.129. The summed E-state index contributed by atoms with van der Waals surface area (Å²) in [4.78, 5) is 27.3. The maximum atomic E-state index is 12.3. The molecule has 0 aliphatic heterocycles. The Labute approximate surface area is 165 Å². The topological polar surface area (TPSA) is 58.6 Å². The molecule has 6 heteroatoms. The number of carbonyl (C=O) groups is 2. The number of benzene rings is 2. The van der Waals surface area contributed by atoms with Gasteiger partial charge in [-0.15, -0.1) is 11.8 Å². The fraction of sp³-hybridized carbons (Fsp3) is 0.333. The van der Waals surface area contributed by atoms with Crippen LogP contribution in [0.2, 0.25) is 0 Å². The molecule has 1 N–H and O–H groups in total. The normalized spacial score (nSPS) is 10.6. The van der Waals surface area contributed by atoms with Crippen LogP contribution in [0.25, 0.3) is 0 Å². The third kappa shape index (κ3) is 6.64. The van der Waals surface area contributed by atoms with Crippen LogP contribution in [0.4, 0.5) is 0 Å². The molecule has 0 spiro atoms. The van der Waals surface area contributed by atoms with Gasteiger partial charge in [-0.1, -0.05) is 12.1 Å². The second-order valence-corrected chi connectivity index (χ2v) is 7.35. The minimum atomic E-state index is -0.280. The Morgan fingerprint density at radius 2 is 1.70 bits per heavy atom. The molecule has 0 saturated heterocycles. The molecule has 0 unspecified atom stereocenters. The van der Waals surface area contributed by atoms with Crippen molar-refractivity contribution < 1.29 is 14.3 Å². The standard InChI is InChI=1S/C21H26N2O3S/c1-15(2)26-18-9-7-17(8-10-18)21(25)22-13-20(24)23(3)14-16-5-11-19(27-4)12-6-16/h5-12,15H,13-14H2,1-4H3,(H,22,25). The molecule has 2 aromatic rings. The zero-order valence-electron chi connectivity index (χ0n) is 16.2. The van der Waals surface area contributed by atoms with E-state index in [4.69, 9.17) is 4.74 Å². The summed E-state index contributed by atoms with van der Waals surface area (Å²) in [5.41, 5.74) is 1.55. The maximum absolute atomic E-state index is 12.3. The van der Waals surface area contributed by atoms with Gasteiger partial charge in [0.1, 0.15) is 5.75 Å². The largest absolute Gasteiger partial charge is 0.491 e. The molecule has 0 atom stereocenters. The summed E-state index contributed by atoms with van der Waals surface area (Å²) in [5, 5.41) is 2.67. The highest BCUT2D eigenvalue weighted by molar-refractivity contribution is 7.98. The highest BCUT2D eigenvalue weighted by Gasteiger charge is 2.12. The molecule has 5 nitrogen and oxygen atoms in total. The Hall–Kier alpha value is -2.47. The monoisotopic (exact) mass is 386 g/mol. The molecule has 0 radical (unpaired) electrons. The number of nitrogens with zero attached hydrogens (tertiary/aromatic N) is 1. The fourth-order valence-electron chi connectivity index (χ4n) is 2.44. The molecule has 0 heterocycles. The molecule has 0 saturated carbocycles. The van der Waals surface area contributed by atoms with Gasteiger partial charge in [-0.25, -0.2) is 0 Å². The van der Waals surface area contributed by atoms with Crippen LogP contribution < -0.4 is 10.1 Å². The Morgan fingerprint density at radius 1 is 1.07 bits per heavy atom. The van der Waals surface area contributed by atoms with Crippen molar-refractivity contribution in [1.82, 2.24) is 10.2 Å². The van der Waals surface area contributed by atoms with Crippen LogP contribution in [-0.2, 0) is 11.3 Å². The van der Waals surface area contributed by atoms with Crippen LogP contribution in [0.5, 0.6) is 5.75 Å². The van der Waals surface area contributed by atoms with Crippen molar-refractivity contribution in [2.75, 3.05) is 19.8 Å². The van der Waals surface area contributed by atoms with E-state index in [0.29, 0.717) is 17.9 Å². The number of ether oxygens (including phenoxy) is 1. The number of thioether (sulfide) groups is 1. The predicted molar refractivity (Wildman–Crippen MR) is 109 cm³/mol. The van der Waals surface area contributed by atoms with Gasteiger partial charge in [0.05, 0.1) is 12.6 Å². The van der Waals surface area contributed by atoms with Crippen molar-refractivity contribution >= 4 is 23.6 Å². The van der Waals surface area contributed by atoms with E-state index in [2.05, 4.69) is 5.32 Å². The number of rotatable bonds is 8. The van der Waals surface area contributed by atoms with Crippen LogP contribution in [-0.4, -0.2) is 42.7 Å². The fourth-order valence-corrected chi connectivity index (χ4v) is 2.85. The van der Waals surface area contributed by atoms with E-state index in [1.807, 2.05) is 44.4 Å². The molecular formula is C21H26N2O3S. The lowest BCUT2D eigenvalue weighted by Gasteiger charge is -2.18. The van der Waals surface area contributed by atoms with Crippen molar-refractivity contribution in [3.05, 3.63) is 59.7 Å². The van der Waals surface area contributed by atoms with Gasteiger partial charge < -0.3 is 15.0 Å². The Balaban J connectivity index is 1.83. The minimum absolute atomic E-state index is 0.0392. The molecule has 144 valence electrons. The SMILES string of the molecule is CSc1ccc(CN(C)C(=O)CNC(=O)c2ccc(OC(C)C)cc2)cc1. The first-order valence-corrected chi connectivity index (χ1v) is 10.0. The van der Waals surface area contributed by atoms with Crippen molar-refractivity contribution in [2.24, 2.45) is 0 Å². The van der Waals surface area contributed by atoms with E-state index in [9.17, 15) is 9.59 Å². The van der Waals surface area contributed by atoms with Gasteiger partial charge in [-0.3, -0.25) is 9.59 Å². The first-order valence-electron chi connectivity index (χ1n) is 8.81. The second-order valence-electron chi connectivity index (χ2n) is 6.47. The minimum Gasteiger partial charge on any atom is -0.491 e. The molecule has 0 aliphatic rings. The summed E-state index contributed by atoms with van der Waals surface area (Å²) < 4.78 is 5.56. The Morgan fingerprint density at radius 3 is 2.26 bits per heavy atom. The zero-order chi connectivity index (χ0) is 19.8. The molecule has 2 amide bonds. The van der Waals surface area contributed by atoms with E-state index in [1.165, 1.54) is 4.90 Å². The molecule has 0 aliphatic carbocycles. The van der Waals surface area contributed by atoms with Gasteiger partial charge in [0, 0.05) is 24.1 Å². The number of amides is 2. The summed E-state index contributed by atoms with van der Waals surface area (Å²) in [6.45, 7) is 4.35. The van der Waals surface area contributed by atoms with Crippen molar-refractivity contribution in [1.29, 1.82) is 0 Å². The van der Waals surface area contributed by atoms with Crippen LogP contribution >= 0.6 is 11.8 Å². The molecule has 0 bridgehead atoms. The first-order chi connectivity index (χ1) is 12.9. The highest BCUT2D eigenvalue weighted by Crippen LogP contribution is 2.16. The Bertz CT molecular complexity index is 758. The summed E-state index contributed by atoms with van der Waals surface area (Å²) in [7, 11) is 1.73. The van der Waals surface area contributed by atoms with Crippen LogP contribution in [0.1, 0.15) is 29.8 Å². The van der Waals surface area contributed by atoms with Crippen LogP contribution in [0, 0.1) is 0 Å². The van der Waals surface area contributed by atoms with Crippen LogP contribution in [0.15, 0.2) is 53.4 Å². The molecule has 0 fully saturated rings. The average Bonchev–Trinajstić information content (AvgIpc) is 2.66. The highest BCUT2D eigenvalue weighted by atomic mass is 32.2. The number of nitrogens with one attached hydrogen (secondary N) is 1. The molecule has 0 aromatic heterocycles. The van der Waals surface area contributed by atoms with E-state index in [1.54, 1.807) is 48.0 Å². The predicted octanol–water partition coefficient (Wildman–Crippen LogP) is 3.58. The van der Waals surface area contributed by atoms with Gasteiger partial charge >= 0.3 is 0 Å². The molecular weight excluding hydrogens is 360 g/mol.